The first kappa shape index (κ1) is 18.8. The monoisotopic (exact) mass is 374 g/mol. The number of ketones is 1. The van der Waals surface area contributed by atoms with Crippen LogP contribution >= 0.6 is 0 Å². The maximum Gasteiger partial charge on any atom is 0.163 e. The van der Waals surface area contributed by atoms with E-state index in [2.05, 4.69) is 81.7 Å². The summed E-state index contributed by atoms with van der Waals surface area (Å²) in [7, 11) is 0. The Morgan fingerprint density at radius 2 is 1.64 bits per heavy atom. The summed E-state index contributed by atoms with van der Waals surface area (Å²) in [6.45, 7) is 10.8. The van der Waals surface area contributed by atoms with Crippen LogP contribution in [0.2, 0.25) is 0 Å². The van der Waals surface area contributed by atoms with Gasteiger partial charge in [0.15, 0.2) is 5.78 Å². The highest BCUT2D eigenvalue weighted by molar-refractivity contribution is 6.01. The van der Waals surface area contributed by atoms with Crippen LogP contribution in [0.15, 0.2) is 47.7 Å². The molecule has 0 saturated heterocycles. The van der Waals surface area contributed by atoms with Gasteiger partial charge in [-0.25, -0.2) is 0 Å². The van der Waals surface area contributed by atoms with E-state index in [0.717, 1.165) is 41.1 Å². The van der Waals surface area contributed by atoms with Gasteiger partial charge in [0.2, 0.25) is 0 Å². The van der Waals surface area contributed by atoms with Crippen molar-refractivity contribution >= 4 is 17.2 Å². The summed E-state index contributed by atoms with van der Waals surface area (Å²) in [5, 5.41) is 7.33. The summed E-state index contributed by atoms with van der Waals surface area (Å²) in [4.78, 5) is 13.3. The summed E-state index contributed by atoms with van der Waals surface area (Å²) in [6.07, 6.45) is 2.49. The van der Waals surface area contributed by atoms with E-state index in [-0.39, 0.29) is 17.2 Å². The number of benzene rings is 2. The van der Waals surface area contributed by atoms with E-state index in [1.54, 1.807) is 0 Å². The zero-order valence-electron chi connectivity index (χ0n) is 17.6. The van der Waals surface area contributed by atoms with E-state index in [4.69, 9.17) is 0 Å². The molecule has 2 aromatic carbocycles. The molecule has 0 amide bonds. The van der Waals surface area contributed by atoms with Crippen LogP contribution in [0.4, 0.5) is 11.4 Å². The quantitative estimate of drug-likeness (QED) is 0.668. The minimum Gasteiger partial charge on any atom is -0.372 e. The van der Waals surface area contributed by atoms with Crippen LogP contribution in [0.1, 0.15) is 61.9 Å². The molecule has 0 unspecified atom stereocenters. The van der Waals surface area contributed by atoms with Crippen LogP contribution in [0.5, 0.6) is 0 Å². The molecule has 1 atom stereocenters. The van der Waals surface area contributed by atoms with Gasteiger partial charge in [0.1, 0.15) is 0 Å². The third-order valence-electron chi connectivity index (χ3n) is 6.15. The number of aryl methyl sites for hydroxylation is 3. The number of rotatable bonds is 2. The molecule has 0 saturated carbocycles. The third kappa shape index (κ3) is 3.34. The summed E-state index contributed by atoms with van der Waals surface area (Å²) < 4.78 is 0. The standard InChI is InChI=1S/C25H30N2O/c1-6-17-7-9-18(10-8-17)24-23-21(13-25(4,5)14-22(23)28)26-19-11-15(2)16(3)12-20(19)27-24/h7-12,24,26-27H,6,13-14H2,1-5H3/t24-/m0/s1. The van der Waals surface area contributed by atoms with Crippen LogP contribution in [0.3, 0.4) is 0 Å². The molecule has 3 nitrogen and oxygen atoms in total. The summed E-state index contributed by atoms with van der Waals surface area (Å²) in [6, 6.07) is 12.9. The summed E-state index contributed by atoms with van der Waals surface area (Å²) in [5.41, 5.74) is 9.03. The topological polar surface area (TPSA) is 41.1 Å². The zero-order valence-corrected chi connectivity index (χ0v) is 17.6. The van der Waals surface area contributed by atoms with Crippen molar-refractivity contribution in [3.05, 3.63) is 69.9 Å². The maximum absolute atomic E-state index is 13.3. The van der Waals surface area contributed by atoms with Gasteiger partial charge in [-0.2, -0.15) is 0 Å². The van der Waals surface area contributed by atoms with Gasteiger partial charge in [0, 0.05) is 17.7 Å². The molecule has 2 N–H and O–H groups in total. The molecule has 0 radical (unpaired) electrons. The molecule has 0 aromatic heterocycles. The number of fused-ring (bicyclic) bond motifs is 1. The van der Waals surface area contributed by atoms with Gasteiger partial charge in [-0.3, -0.25) is 4.79 Å². The van der Waals surface area contributed by atoms with E-state index in [9.17, 15) is 4.79 Å². The lowest BCUT2D eigenvalue weighted by atomic mass is 9.73. The number of carbonyl (C=O) groups excluding carboxylic acids is 1. The van der Waals surface area contributed by atoms with E-state index >= 15 is 0 Å². The molecule has 4 rings (SSSR count). The fourth-order valence-corrected chi connectivity index (χ4v) is 4.41. The fraction of sp³-hybridized carbons (Fsp3) is 0.400. The van der Waals surface area contributed by atoms with E-state index in [0.29, 0.717) is 6.42 Å². The first-order valence-corrected chi connectivity index (χ1v) is 10.3. The highest BCUT2D eigenvalue weighted by Gasteiger charge is 2.38. The largest absolute Gasteiger partial charge is 0.372 e. The van der Waals surface area contributed by atoms with Gasteiger partial charge in [0.05, 0.1) is 17.4 Å². The number of allylic oxidation sites excluding steroid dienone is 1. The fourth-order valence-electron chi connectivity index (χ4n) is 4.41. The zero-order chi connectivity index (χ0) is 20.1. The second kappa shape index (κ2) is 6.80. The Bertz CT molecular complexity index is 967. The maximum atomic E-state index is 13.3. The first-order valence-electron chi connectivity index (χ1n) is 10.3. The molecule has 1 aliphatic heterocycles. The Kier molecular flexibility index (Phi) is 4.57. The molecular formula is C25H30N2O. The Hall–Kier alpha value is -2.55. The molecule has 2 aromatic rings. The van der Waals surface area contributed by atoms with Crippen LogP contribution in [-0.4, -0.2) is 5.78 Å². The molecule has 1 heterocycles. The van der Waals surface area contributed by atoms with Gasteiger partial charge >= 0.3 is 0 Å². The molecular weight excluding hydrogens is 344 g/mol. The van der Waals surface area contributed by atoms with Crippen LogP contribution in [-0.2, 0) is 11.2 Å². The second-order valence-corrected chi connectivity index (χ2v) is 9.11. The molecule has 146 valence electrons. The summed E-state index contributed by atoms with van der Waals surface area (Å²) in [5.74, 6) is 0.247. The second-order valence-electron chi connectivity index (χ2n) is 9.11. The van der Waals surface area contributed by atoms with Gasteiger partial charge < -0.3 is 10.6 Å². The van der Waals surface area contributed by atoms with Crippen LogP contribution in [0, 0.1) is 19.3 Å². The number of hydrogen-bond donors (Lipinski definition) is 2. The minimum absolute atomic E-state index is 0.0240. The number of carbonyl (C=O) groups is 1. The van der Waals surface area contributed by atoms with Crippen molar-refractivity contribution in [1.29, 1.82) is 0 Å². The van der Waals surface area contributed by atoms with Gasteiger partial charge in [-0.05, 0) is 66.5 Å². The van der Waals surface area contributed by atoms with Crippen molar-refractivity contribution in [3.8, 4) is 0 Å². The van der Waals surface area contributed by atoms with Crippen molar-refractivity contribution in [2.24, 2.45) is 5.41 Å². The van der Waals surface area contributed by atoms with Gasteiger partial charge in [0.25, 0.3) is 0 Å². The predicted octanol–water partition coefficient (Wildman–Crippen LogP) is 6.09. The lowest BCUT2D eigenvalue weighted by Gasteiger charge is -2.34. The van der Waals surface area contributed by atoms with Crippen LogP contribution < -0.4 is 10.6 Å². The highest BCUT2D eigenvalue weighted by atomic mass is 16.1. The van der Waals surface area contributed by atoms with E-state index in [1.165, 1.54) is 16.7 Å². The molecule has 0 bridgehead atoms. The molecule has 0 fully saturated rings. The lowest BCUT2D eigenvalue weighted by Crippen LogP contribution is -2.31. The molecule has 28 heavy (non-hydrogen) atoms. The average Bonchev–Trinajstić information content (AvgIpc) is 2.78. The van der Waals surface area contributed by atoms with Gasteiger partial charge in [-0.15, -0.1) is 0 Å². The third-order valence-corrected chi connectivity index (χ3v) is 6.15. The number of nitrogens with one attached hydrogen (secondary N) is 2. The van der Waals surface area contributed by atoms with E-state index < -0.39 is 0 Å². The molecule has 1 aliphatic carbocycles. The SMILES string of the molecule is CCc1ccc([C@@H]2Nc3cc(C)c(C)cc3NC3=C2C(=O)CC(C)(C)C3)cc1. The van der Waals surface area contributed by atoms with E-state index in [1.807, 2.05) is 0 Å². The lowest BCUT2D eigenvalue weighted by molar-refractivity contribution is -0.118. The van der Waals surface area contributed by atoms with Crippen molar-refractivity contribution in [2.75, 3.05) is 10.6 Å². The Labute approximate surface area is 168 Å². The smallest absolute Gasteiger partial charge is 0.163 e. The predicted molar refractivity (Wildman–Crippen MR) is 117 cm³/mol. The van der Waals surface area contributed by atoms with Crippen molar-refractivity contribution in [1.82, 2.24) is 0 Å². The Morgan fingerprint density at radius 3 is 2.29 bits per heavy atom. The molecule has 0 spiro atoms. The van der Waals surface area contributed by atoms with Gasteiger partial charge in [-0.1, -0.05) is 45.0 Å². The highest BCUT2D eigenvalue weighted by Crippen LogP contribution is 2.45. The van der Waals surface area contributed by atoms with Crippen molar-refractivity contribution < 1.29 is 4.79 Å². The Morgan fingerprint density at radius 1 is 1.00 bits per heavy atom. The number of anilines is 2. The minimum atomic E-state index is -0.125. The normalized spacial score (nSPS) is 20.6. The van der Waals surface area contributed by atoms with Crippen molar-refractivity contribution in [3.63, 3.8) is 0 Å². The molecule has 2 aliphatic rings. The Balaban J connectivity index is 1.87. The first-order chi connectivity index (χ1) is 13.3. The number of Topliss-reactive ketones (excluding diaryl/α,β-unsaturated/α-hetero) is 1. The summed E-state index contributed by atoms with van der Waals surface area (Å²) >= 11 is 0. The molecule has 3 heteroatoms. The average molecular weight is 375 g/mol. The van der Waals surface area contributed by atoms with Crippen molar-refractivity contribution in [2.45, 2.75) is 59.9 Å². The number of hydrogen-bond acceptors (Lipinski definition) is 3. The van der Waals surface area contributed by atoms with Crippen LogP contribution in [0.25, 0.3) is 0 Å².